The minimum atomic E-state index is -0.522. The van der Waals surface area contributed by atoms with Gasteiger partial charge in [-0.1, -0.05) is 6.07 Å². The molecule has 4 heteroatoms. The van der Waals surface area contributed by atoms with Gasteiger partial charge in [-0.15, -0.1) is 0 Å². The van der Waals surface area contributed by atoms with Crippen LogP contribution in [0.2, 0.25) is 0 Å². The van der Waals surface area contributed by atoms with Crippen LogP contribution < -0.4 is 4.74 Å². The van der Waals surface area contributed by atoms with E-state index in [-0.39, 0.29) is 5.78 Å². The zero-order chi connectivity index (χ0) is 8.72. The van der Waals surface area contributed by atoms with Gasteiger partial charge in [0.15, 0.2) is 0 Å². The molecule has 0 saturated heterocycles. The summed E-state index contributed by atoms with van der Waals surface area (Å²) in [7, 11) is 0. The molecule has 1 heterocycles. The number of hydrogen-bond acceptors (Lipinski definition) is 2. The van der Waals surface area contributed by atoms with Crippen LogP contribution in [0.3, 0.4) is 0 Å². The molecule has 0 aliphatic carbocycles. The topological polar surface area (TPSA) is 26.3 Å². The molecule has 1 aliphatic rings. The zero-order valence-electron chi connectivity index (χ0n) is 5.88. The molecule has 0 bridgehead atoms. The summed E-state index contributed by atoms with van der Waals surface area (Å²) in [4.78, 5) is 11.4. The van der Waals surface area contributed by atoms with Crippen LogP contribution in [-0.2, 0) is 0 Å². The van der Waals surface area contributed by atoms with Crippen molar-refractivity contribution < 1.29 is 9.53 Å². The molecule has 0 saturated carbocycles. The predicted octanol–water partition coefficient (Wildman–Crippen LogP) is 2.75. The van der Waals surface area contributed by atoms with Gasteiger partial charge in [0.2, 0.25) is 10.8 Å². The molecule has 0 amide bonds. The maximum Gasteiger partial charge on any atom is 0.219 e. The van der Waals surface area contributed by atoms with Crippen molar-refractivity contribution in [1.82, 2.24) is 0 Å². The summed E-state index contributed by atoms with van der Waals surface area (Å²) < 4.78 is 6.02. The second-order valence-corrected chi connectivity index (χ2v) is 4.10. The molecule has 0 radical (unpaired) electrons. The number of Topliss-reactive ketones (excluding diaryl/α,β-unsaturated/α-hetero) is 1. The van der Waals surface area contributed by atoms with Gasteiger partial charge >= 0.3 is 0 Å². The Morgan fingerprint density at radius 2 is 2.17 bits per heavy atom. The Morgan fingerprint density at radius 3 is 2.83 bits per heavy atom. The van der Waals surface area contributed by atoms with Gasteiger partial charge in [0.1, 0.15) is 5.75 Å². The van der Waals surface area contributed by atoms with Gasteiger partial charge in [-0.25, -0.2) is 0 Å². The van der Waals surface area contributed by atoms with E-state index in [1.165, 1.54) is 0 Å². The number of benzene rings is 1. The lowest BCUT2D eigenvalue weighted by atomic mass is 10.1. The molecular formula is C8H4Br2O2. The van der Waals surface area contributed by atoms with Crippen molar-refractivity contribution in [1.29, 1.82) is 0 Å². The first kappa shape index (κ1) is 8.26. The van der Waals surface area contributed by atoms with E-state index >= 15 is 0 Å². The van der Waals surface area contributed by atoms with Crippen molar-refractivity contribution >= 4 is 37.6 Å². The Morgan fingerprint density at radius 1 is 1.42 bits per heavy atom. The van der Waals surface area contributed by atoms with Crippen LogP contribution >= 0.6 is 31.9 Å². The Hall–Kier alpha value is -0.350. The fourth-order valence-electron chi connectivity index (χ4n) is 1.12. The summed E-state index contributed by atoms with van der Waals surface area (Å²) >= 11 is 6.42. The van der Waals surface area contributed by atoms with E-state index in [9.17, 15) is 4.79 Å². The molecule has 0 N–H and O–H groups in total. The van der Waals surface area contributed by atoms with E-state index in [1.54, 1.807) is 6.07 Å². The van der Waals surface area contributed by atoms with Crippen molar-refractivity contribution in [3.8, 4) is 5.75 Å². The van der Waals surface area contributed by atoms with Crippen LogP contribution in [0, 0.1) is 0 Å². The number of rotatable bonds is 0. The highest BCUT2D eigenvalue weighted by molar-refractivity contribution is 9.10. The number of fused-ring (bicyclic) bond motifs is 1. The van der Waals surface area contributed by atoms with Crippen LogP contribution in [0.15, 0.2) is 22.7 Å². The summed E-state index contributed by atoms with van der Waals surface area (Å²) in [5.74, 6) is 0.605. The van der Waals surface area contributed by atoms with Crippen LogP contribution in [0.25, 0.3) is 0 Å². The van der Waals surface area contributed by atoms with Gasteiger partial charge in [0.25, 0.3) is 0 Å². The average molecular weight is 292 g/mol. The smallest absolute Gasteiger partial charge is 0.219 e. The SMILES string of the molecule is O=C1c2c(Br)cccc2OC1Br. The molecule has 1 aliphatic heterocycles. The van der Waals surface area contributed by atoms with Crippen LogP contribution in [0.5, 0.6) is 5.75 Å². The van der Waals surface area contributed by atoms with E-state index in [0.717, 1.165) is 4.47 Å². The van der Waals surface area contributed by atoms with Gasteiger partial charge in [0.05, 0.1) is 5.56 Å². The third-order valence-electron chi connectivity index (χ3n) is 1.66. The second-order valence-electron chi connectivity index (χ2n) is 2.41. The molecule has 1 unspecified atom stereocenters. The summed E-state index contributed by atoms with van der Waals surface area (Å²) in [6.45, 7) is 0. The second kappa shape index (κ2) is 2.85. The van der Waals surface area contributed by atoms with Crippen LogP contribution in [0.1, 0.15) is 10.4 Å². The maximum absolute atomic E-state index is 11.4. The third kappa shape index (κ3) is 1.10. The molecule has 2 rings (SSSR count). The standard InChI is InChI=1S/C8H4Br2O2/c9-4-2-1-3-5-6(4)7(11)8(10)12-5/h1-3,8H. The predicted molar refractivity (Wildman–Crippen MR) is 51.8 cm³/mol. The van der Waals surface area contributed by atoms with Crippen LogP contribution in [-0.4, -0.2) is 10.8 Å². The summed E-state index contributed by atoms with van der Waals surface area (Å²) in [6.07, 6.45) is 0. The van der Waals surface area contributed by atoms with Gasteiger partial charge in [0, 0.05) is 4.47 Å². The minimum Gasteiger partial charge on any atom is -0.470 e. The third-order valence-corrected chi connectivity index (χ3v) is 2.92. The van der Waals surface area contributed by atoms with E-state index in [4.69, 9.17) is 4.74 Å². The first-order valence-corrected chi connectivity index (χ1v) is 5.04. The summed E-state index contributed by atoms with van der Waals surface area (Å²) in [5, 5.41) is -0.522. The van der Waals surface area contributed by atoms with Crippen molar-refractivity contribution in [2.24, 2.45) is 0 Å². The maximum atomic E-state index is 11.4. The highest BCUT2D eigenvalue weighted by atomic mass is 79.9. The normalized spacial score (nSPS) is 20.5. The van der Waals surface area contributed by atoms with Crippen molar-refractivity contribution in [2.45, 2.75) is 5.01 Å². The number of carbonyl (C=O) groups is 1. The lowest BCUT2D eigenvalue weighted by Gasteiger charge is -1.97. The van der Waals surface area contributed by atoms with Crippen molar-refractivity contribution in [2.75, 3.05) is 0 Å². The van der Waals surface area contributed by atoms with E-state index in [1.807, 2.05) is 12.1 Å². The Balaban J connectivity index is 2.62. The molecule has 1 atom stereocenters. The van der Waals surface area contributed by atoms with E-state index in [0.29, 0.717) is 11.3 Å². The average Bonchev–Trinajstić information content (AvgIpc) is 2.29. The molecule has 2 nitrogen and oxygen atoms in total. The quantitative estimate of drug-likeness (QED) is 0.687. The van der Waals surface area contributed by atoms with E-state index in [2.05, 4.69) is 31.9 Å². The highest BCUT2D eigenvalue weighted by Gasteiger charge is 2.31. The first-order valence-electron chi connectivity index (χ1n) is 3.33. The van der Waals surface area contributed by atoms with Gasteiger partial charge < -0.3 is 4.74 Å². The van der Waals surface area contributed by atoms with Gasteiger partial charge in [-0.2, -0.15) is 0 Å². The molecule has 62 valence electrons. The summed E-state index contributed by atoms with van der Waals surface area (Å²) in [5.41, 5.74) is 0.624. The van der Waals surface area contributed by atoms with Gasteiger partial charge in [-0.3, -0.25) is 4.79 Å². The molecule has 0 fully saturated rings. The number of carbonyl (C=O) groups excluding carboxylic acids is 1. The Bertz CT molecular complexity index is 349. The fraction of sp³-hybridized carbons (Fsp3) is 0.125. The molecule has 12 heavy (non-hydrogen) atoms. The molecular weight excluding hydrogens is 288 g/mol. The lowest BCUT2D eigenvalue weighted by Crippen LogP contribution is -2.10. The fourth-order valence-corrected chi connectivity index (χ4v) is 2.09. The zero-order valence-corrected chi connectivity index (χ0v) is 9.05. The molecule has 1 aromatic carbocycles. The number of ketones is 1. The molecule has 0 aromatic heterocycles. The van der Waals surface area contributed by atoms with Crippen molar-refractivity contribution in [3.05, 3.63) is 28.2 Å². The van der Waals surface area contributed by atoms with Gasteiger partial charge in [-0.05, 0) is 44.0 Å². The van der Waals surface area contributed by atoms with Crippen molar-refractivity contribution in [3.63, 3.8) is 0 Å². The Labute approximate surface area is 86.2 Å². The number of ether oxygens (including phenoxy) is 1. The highest BCUT2D eigenvalue weighted by Crippen LogP contribution is 2.35. The number of halogens is 2. The van der Waals surface area contributed by atoms with Crippen LogP contribution in [0.4, 0.5) is 0 Å². The largest absolute Gasteiger partial charge is 0.470 e. The van der Waals surface area contributed by atoms with E-state index < -0.39 is 5.01 Å². The lowest BCUT2D eigenvalue weighted by molar-refractivity contribution is 0.0941. The molecule has 1 aromatic rings. The summed E-state index contributed by atoms with van der Waals surface area (Å²) in [6, 6.07) is 5.44. The first-order chi connectivity index (χ1) is 5.70. The monoisotopic (exact) mass is 290 g/mol. The Kier molecular flexibility index (Phi) is 1.96. The molecule has 0 spiro atoms. The number of alkyl halides is 1. The minimum absolute atomic E-state index is 0.0301. The number of hydrogen-bond donors (Lipinski definition) is 0.